The highest BCUT2D eigenvalue weighted by molar-refractivity contribution is 7.99. The molecule has 0 spiro atoms. The minimum Gasteiger partial charge on any atom is -0.486 e. The van der Waals surface area contributed by atoms with Gasteiger partial charge in [0.2, 0.25) is 5.91 Å². The number of hydrogen-bond donors (Lipinski definition) is 1. The van der Waals surface area contributed by atoms with Crippen molar-refractivity contribution < 1.29 is 31.8 Å². The van der Waals surface area contributed by atoms with E-state index >= 15 is 0 Å². The van der Waals surface area contributed by atoms with Crippen LogP contribution in [0.5, 0.6) is 11.5 Å². The van der Waals surface area contributed by atoms with Crippen molar-refractivity contribution in [3.8, 4) is 11.5 Å². The van der Waals surface area contributed by atoms with Crippen molar-refractivity contribution >= 4 is 23.4 Å². The van der Waals surface area contributed by atoms with Gasteiger partial charge in [-0.1, -0.05) is 17.8 Å². The number of nitrogens with one attached hydrogen (secondary N) is 1. The fourth-order valence-electron chi connectivity index (χ4n) is 2.59. The van der Waals surface area contributed by atoms with E-state index in [-0.39, 0.29) is 29.8 Å². The number of allylic oxidation sites excluding steroid dienone is 1. The number of benzene rings is 2. The summed E-state index contributed by atoms with van der Waals surface area (Å²) >= 11 is 1.12. The van der Waals surface area contributed by atoms with Gasteiger partial charge in [0, 0.05) is 12.2 Å². The second kappa shape index (κ2) is 10.9. The first-order chi connectivity index (χ1) is 15.7. The zero-order valence-corrected chi connectivity index (χ0v) is 17.8. The Labute approximate surface area is 190 Å². The molecular formula is C21H18F4N4O3S. The number of amides is 1. The van der Waals surface area contributed by atoms with Crippen molar-refractivity contribution in [2.45, 2.75) is 24.7 Å². The minimum absolute atomic E-state index is 0.0190. The van der Waals surface area contributed by atoms with Crippen LogP contribution in [0.15, 0.2) is 66.3 Å². The molecule has 3 rings (SSSR count). The van der Waals surface area contributed by atoms with Crippen LogP contribution in [0.3, 0.4) is 0 Å². The fraction of sp³-hybridized carbons (Fsp3) is 0.190. The van der Waals surface area contributed by atoms with Crippen LogP contribution in [0.2, 0.25) is 0 Å². The van der Waals surface area contributed by atoms with Crippen LogP contribution in [0.4, 0.5) is 23.2 Å². The number of anilines is 1. The first kappa shape index (κ1) is 24.1. The van der Waals surface area contributed by atoms with E-state index in [0.717, 1.165) is 23.9 Å². The van der Waals surface area contributed by atoms with E-state index in [1.54, 1.807) is 10.6 Å². The van der Waals surface area contributed by atoms with Crippen LogP contribution in [-0.4, -0.2) is 32.8 Å². The largest absolute Gasteiger partial charge is 0.573 e. The monoisotopic (exact) mass is 482 g/mol. The number of aromatic nitrogens is 3. The topological polar surface area (TPSA) is 78.3 Å². The molecule has 3 aromatic rings. The molecule has 0 fully saturated rings. The first-order valence-electron chi connectivity index (χ1n) is 9.43. The molecule has 1 N–H and O–H groups in total. The number of ether oxygens (including phenoxy) is 2. The van der Waals surface area contributed by atoms with E-state index in [1.165, 1.54) is 36.4 Å². The number of rotatable bonds is 10. The first-order valence-corrected chi connectivity index (χ1v) is 10.4. The highest BCUT2D eigenvalue weighted by atomic mass is 32.2. The Kier molecular flexibility index (Phi) is 7.93. The Morgan fingerprint density at radius 3 is 2.39 bits per heavy atom. The maximum atomic E-state index is 13.0. The van der Waals surface area contributed by atoms with Gasteiger partial charge in [-0.25, -0.2) is 4.39 Å². The number of alkyl halides is 3. The molecule has 12 heteroatoms. The zero-order chi connectivity index (χ0) is 23.8. The number of nitrogens with zero attached hydrogens (tertiary/aromatic N) is 3. The van der Waals surface area contributed by atoms with Crippen LogP contribution >= 0.6 is 11.8 Å². The summed E-state index contributed by atoms with van der Waals surface area (Å²) in [5.41, 5.74) is 0.316. The van der Waals surface area contributed by atoms with Gasteiger partial charge < -0.3 is 14.8 Å². The SMILES string of the molecule is C=CCn1c(COc2ccc(F)cc2)nnc1SCC(=O)Nc1ccc(OC(F)(F)F)cc1. The fourth-order valence-corrected chi connectivity index (χ4v) is 3.36. The predicted octanol–water partition coefficient (Wildman–Crippen LogP) is 4.81. The maximum absolute atomic E-state index is 13.0. The minimum atomic E-state index is -4.79. The van der Waals surface area contributed by atoms with Crippen molar-refractivity contribution in [1.82, 2.24) is 14.8 Å². The number of halogens is 4. The Morgan fingerprint density at radius 1 is 1.09 bits per heavy atom. The van der Waals surface area contributed by atoms with E-state index in [1.807, 2.05) is 0 Å². The van der Waals surface area contributed by atoms with E-state index in [9.17, 15) is 22.4 Å². The Bertz CT molecular complexity index is 1090. The molecule has 1 aromatic heterocycles. The standard InChI is InChI=1S/C21H18F4N4O3S/c1-2-11-29-18(12-31-16-7-3-14(22)4-8-16)27-28-20(29)33-13-19(30)26-15-5-9-17(10-6-15)32-21(23,24)25/h2-10H,1,11-13H2,(H,26,30). The summed E-state index contributed by atoms with van der Waals surface area (Å²) in [4.78, 5) is 12.2. The molecule has 2 aromatic carbocycles. The molecule has 7 nitrogen and oxygen atoms in total. The van der Waals surface area contributed by atoms with E-state index in [0.29, 0.717) is 29.0 Å². The summed E-state index contributed by atoms with van der Waals surface area (Å²) in [7, 11) is 0. The molecule has 0 bridgehead atoms. The molecule has 0 aliphatic carbocycles. The van der Waals surface area contributed by atoms with Crippen LogP contribution in [-0.2, 0) is 17.9 Å². The van der Waals surface area contributed by atoms with Gasteiger partial charge in [-0.3, -0.25) is 9.36 Å². The third-order valence-corrected chi connectivity index (χ3v) is 4.96. The van der Waals surface area contributed by atoms with Crippen LogP contribution in [0, 0.1) is 5.82 Å². The van der Waals surface area contributed by atoms with Gasteiger partial charge in [0.05, 0.1) is 5.75 Å². The number of hydrogen-bond acceptors (Lipinski definition) is 6. The molecule has 1 amide bonds. The lowest BCUT2D eigenvalue weighted by Crippen LogP contribution is -2.17. The van der Waals surface area contributed by atoms with Crippen molar-refractivity contribution in [2.24, 2.45) is 0 Å². The lowest BCUT2D eigenvalue weighted by molar-refractivity contribution is -0.274. The Morgan fingerprint density at radius 2 is 1.76 bits per heavy atom. The second-order valence-electron chi connectivity index (χ2n) is 6.45. The molecule has 1 heterocycles. The highest BCUT2D eigenvalue weighted by Gasteiger charge is 2.31. The number of thioether (sulfide) groups is 1. The van der Waals surface area contributed by atoms with Gasteiger partial charge in [-0.15, -0.1) is 29.9 Å². The number of carbonyl (C=O) groups is 1. The average molecular weight is 482 g/mol. The Hall–Kier alpha value is -3.54. The predicted molar refractivity (Wildman–Crippen MR) is 113 cm³/mol. The summed E-state index contributed by atoms with van der Waals surface area (Å²) in [6.07, 6.45) is -3.15. The van der Waals surface area contributed by atoms with Gasteiger partial charge in [-0.2, -0.15) is 0 Å². The number of carbonyl (C=O) groups excluding carboxylic acids is 1. The van der Waals surface area contributed by atoms with Crippen molar-refractivity contribution in [2.75, 3.05) is 11.1 Å². The second-order valence-corrected chi connectivity index (χ2v) is 7.39. The molecular weight excluding hydrogens is 464 g/mol. The Balaban J connectivity index is 1.56. The molecule has 0 aliphatic heterocycles. The third-order valence-electron chi connectivity index (χ3n) is 3.99. The van der Waals surface area contributed by atoms with E-state index in [2.05, 4.69) is 26.8 Å². The molecule has 0 unspecified atom stereocenters. The van der Waals surface area contributed by atoms with Crippen molar-refractivity contribution in [1.29, 1.82) is 0 Å². The lowest BCUT2D eigenvalue weighted by atomic mass is 10.3. The van der Waals surface area contributed by atoms with Crippen molar-refractivity contribution in [3.63, 3.8) is 0 Å². The molecule has 0 saturated heterocycles. The van der Waals surface area contributed by atoms with Crippen LogP contribution < -0.4 is 14.8 Å². The molecule has 174 valence electrons. The smallest absolute Gasteiger partial charge is 0.486 e. The maximum Gasteiger partial charge on any atom is 0.573 e. The summed E-state index contributed by atoms with van der Waals surface area (Å²) in [5.74, 6) is -0.217. The average Bonchev–Trinajstić information content (AvgIpc) is 3.14. The molecule has 33 heavy (non-hydrogen) atoms. The summed E-state index contributed by atoms with van der Waals surface area (Å²) in [6.45, 7) is 4.15. The highest BCUT2D eigenvalue weighted by Crippen LogP contribution is 2.24. The molecule has 0 aliphatic rings. The summed E-state index contributed by atoms with van der Waals surface area (Å²) in [5, 5.41) is 11.2. The van der Waals surface area contributed by atoms with Crippen molar-refractivity contribution in [3.05, 3.63) is 72.8 Å². The van der Waals surface area contributed by atoms with Crippen LogP contribution in [0.1, 0.15) is 5.82 Å². The van der Waals surface area contributed by atoms with Gasteiger partial charge >= 0.3 is 6.36 Å². The van der Waals surface area contributed by atoms with Crippen LogP contribution in [0.25, 0.3) is 0 Å². The quantitative estimate of drug-likeness (QED) is 0.254. The van der Waals surface area contributed by atoms with E-state index in [4.69, 9.17) is 4.74 Å². The van der Waals surface area contributed by atoms with E-state index < -0.39 is 6.36 Å². The lowest BCUT2D eigenvalue weighted by Gasteiger charge is -2.10. The molecule has 0 saturated carbocycles. The normalized spacial score (nSPS) is 11.2. The zero-order valence-electron chi connectivity index (χ0n) is 17.0. The summed E-state index contributed by atoms with van der Waals surface area (Å²) < 4.78 is 60.8. The summed E-state index contributed by atoms with van der Waals surface area (Å²) in [6, 6.07) is 10.3. The van der Waals surface area contributed by atoms with Gasteiger partial charge in [-0.05, 0) is 48.5 Å². The van der Waals surface area contributed by atoms with Gasteiger partial charge in [0.15, 0.2) is 11.0 Å². The van der Waals surface area contributed by atoms with Gasteiger partial charge in [0.1, 0.15) is 23.9 Å². The van der Waals surface area contributed by atoms with Gasteiger partial charge in [0.25, 0.3) is 0 Å². The molecule has 0 radical (unpaired) electrons. The third kappa shape index (κ3) is 7.52. The molecule has 0 atom stereocenters.